The molecule has 1 aliphatic heterocycles. The molecular weight excluding hydrogens is 320 g/mol. The first-order chi connectivity index (χ1) is 12.2. The Morgan fingerprint density at radius 3 is 2.64 bits per heavy atom. The summed E-state index contributed by atoms with van der Waals surface area (Å²) in [4.78, 5) is 22.2. The van der Waals surface area contributed by atoms with E-state index in [0.717, 1.165) is 11.1 Å². The van der Waals surface area contributed by atoms with E-state index in [-0.39, 0.29) is 18.6 Å². The number of carbonyl (C=O) groups is 1. The molecular formula is C18H16N4O3. The highest BCUT2D eigenvalue weighted by molar-refractivity contribution is 5.78. The van der Waals surface area contributed by atoms with Gasteiger partial charge in [0.25, 0.3) is 5.89 Å². The normalized spacial score (nSPS) is 20.7. The summed E-state index contributed by atoms with van der Waals surface area (Å²) < 4.78 is 11.2. The van der Waals surface area contributed by atoms with Gasteiger partial charge in [-0.2, -0.15) is 4.98 Å². The molecule has 1 aliphatic rings. The molecule has 0 aliphatic carbocycles. The van der Waals surface area contributed by atoms with Crippen molar-refractivity contribution in [3.63, 3.8) is 0 Å². The summed E-state index contributed by atoms with van der Waals surface area (Å²) in [6, 6.07) is 13.0. The van der Waals surface area contributed by atoms with E-state index in [9.17, 15) is 4.79 Å². The lowest BCUT2D eigenvalue weighted by Crippen LogP contribution is -2.43. The molecule has 0 unspecified atom stereocenters. The zero-order valence-corrected chi connectivity index (χ0v) is 13.6. The molecule has 7 nitrogen and oxygen atoms in total. The lowest BCUT2D eigenvalue weighted by Gasteiger charge is -2.37. The molecule has 1 fully saturated rings. The number of carbonyl (C=O) groups excluding carboxylic acids is 1. The maximum absolute atomic E-state index is 12.1. The number of ether oxygens (including phenoxy) is 1. The molecule has 1 aromatic carbocycles. The third-order valence-corrected chi connectivity index (χ3v) is 4.25. The Labute approximate surface area is 144 Å². The quantitative estimate of drug-likeness (QED) is 0.730. The van der Waals surface area contributed by atoms with Crippen LogP contribution in [0.2, 0.25) is 0 Å². The molecule has 3 heterocycles. The number of amides is 1. The van der Waals surface area contributed by atoms with Crippen LogP contribution in [-0.4, -0.2) is 39.6 Å². The number of likely N-dealkylation sites (N-methyl/N-ethyl adjacent to an activating group) is 1. The third-order valence-electron chi connectivity index (χ3n) is 4.25. The van der Waals surface area contributed by atoms with Crippen LogP contribution in [0.4, 0.5) is 0 Å². The summed E-state index contributed by atoms with van der Waals surface area (Å²) in [5.74, 6) is 0.728. The number of hydrogen-bond donors (Lipinski definition) is 0. The summed E-state index contributed by atoms with van der Waals surface area (Å²) >= 11 is 0. The average Bonchev–Trinajstić information content (AvgIpc) is 3.15. The summed E-state index contributed by atoms with van der Waals surface area (Å²) in [5, 5.41) is 4.04. The van der Waals surface area contributed by atoms with E-state index in [4.69, 9.17) is 9.26 Å². The van der Waals surface area contributed by atoms with E-state index < -0.39 is 6.10 Å². The van der Waals surface area contributed by atoms with E-state index in [1.807, 2.05) is 30.3 Å². The lowest BCUT2D eigenvalue weighted by atomic mass is 9.98. The second-order valence-electron chi connectivity index (χ2n) is 5.78. The van der Waals surface area contributed by atoms with Gasteiger partial charge in [0.2, 0.25) is 11.7 Å². The molecule has 1 saturated heterocycles. The molecule has 0 N–H and O–H groups in total. The van der Waals surface area contributed by atoms with Crippen LogP contribution in [0, 0.1) is 0 Å². The van der Waals surface area contributed by atoms with Crippen LogP contribution in [-0.2, 0) is 9.53 Å². The minimum absolute atomic E-state index is 0.0164. The van der Waals surface area contributed by atoms with Crippen LogP contribution in [0.5, 0.6) is 0 Å². The van der Waals surface area contributed by atoms with Gasteiger partial charge < -0.3 is 14.2 Å². The molecule has 4 rings (SSSR count). The summed E-state index contributed by atoms with van der Waals surface area (Å²) in [5.41, 5.74) is 1.76. The standard InChI is InChI=1S/C18H16N4O3/c1-22-14(23)11-24-16(15(22)12-5-3-2-4-6-12)18-20-17(21-25-18)13-7-9-19-10-8-13/h2-10,15-16H,11H2,1H3/t15-,16+/m0/s1. The highest BCUT2D eigenvalue weighted by Crippen LogP contribution is 2.38. The maximum atomic E-state index is 12.1. The zero-order chi connectivity index (χ0) is 17.2. The van der Waals surface area contributed by atoms with Crippen LogP contribution in [0.15, 0.2) is 59.4 Å². The van der Waals surface area contributed by atoms with E-state index in [1.54, 1.807) is 36.5 Å². The van der Waals surface area contributed by atoms with E-state index >= 15 is 0 Å². The summed E-state index contributed by atoms with van der Waals surface area (Å²) in [7, 11) is 1.76. The monoisotopic (exact) mass is 336 g/mol. The Morgan fingerprint density at radius 1 is 1.12 bits per heavy atom. The number of pyridine rings is 1. The van der Waals surface area contributed by atoms with Crippen molar-refractivity contribution in [3.05, 3.63) is 66.3 Å². The molecule has 1 amide bonds. The fourth-order valence-corrected chi connectivity index (χ4v) is 2.94. The molecule has 2 atom stereocenters. The predicted molar refractivity (Wildman–Crippen MR) is 88.2 cm³/mol. The third kappa shape index (κ3) is 2.89. The lowest BCUT2D eigenvalue weighted by molar-refractivity contribution is -0.157. The first-order valence-electron chi connectivity index (χ1n) is 7.90. The Balaban J connectivity index is 1.70. The smallest absolute Gasteiger partial charge is 0.258 e. The van der Waals surface area contributed by atoms with Crippen molar-refractivity contribution >= 4 is 5.91 Å². The van der Waals surface area contributed by atoms with Gasteiger partial charge in [-0.15, -0.1) is 0 Å². The summed E-state index contributed by atoms with van der Waals surface area (Å²) in [6.45, 7) is -0.0164. The van der Waals surface area contributed by atoms with Crippen LogP contribution < -0.4 is 0 Å². The topological polar surface area (TPSA) is 81.4 Å². The van der Waals surface area contributed by atoms with Gasteiger partial charge in [0, 0.05) is 25.0 Å². The minimum Gasteiger partial charge on any atom is -0.356 e. The van der Waals surface area contributed by atoms with Crippen molar-refractivity contribution in [2.24, 2.45) is 0 Å². The Hall–Kier alpha value is -3.06. The maximum Gasteiger partial charge on any atom is 0.258 e. The Kier molecular flexibility index (Phi) is 3.99. The van der Waals surface area contributed by atoms with Crippen molar-refractivity contribution in [1.29, 1.82) is 0 Å². The van der Waals surface area contributed by atoms with E-state index in [1.165, 1.54) is 0 Å². The van der Waals surface area contributed by atoms with Crippen molar-refractivity contribution in [3.8, 4) is 11.4 Å². The molecule has 126 valence electrons. The van der Waals surface area contributed by atoms with Crippen molar-refractivity contribution in [2.75, 3.05) is 13.7 Å². The predicted octanol–water partition coefficient (Wildman–Crippen LogP) is 2.40. The molecule has 0 bridgehead atoms. The molecule has 0 radical (unpaired) electrons. The highest BCUT2D eigenvalue weighted by Gasteiger charge is 2.39. The van der Waals surface area contributed by atoms with Crippen molar-refractivity contribution in [1.82, 2.24) is 20.0 Å². The van der Waals surface area contributed by atoms with E-state index in [2.05, 4.69) is 15.1 Å². The van der Waals surface area contributed by atoms with Crippen molar-refractivity contribution < 1.29 is 14.1 Å². The number of rotatable bonds is 3. The van der Waals surface area contributed by atoms with Crippen LogP contribution in [0.3, 0.4) is 0 Å². The fraction of sp³-hybridized carbons (Fsp3) is 0.222. The minimum atomic E-state index is -0.520. The van der Waals surface area contributed by atoms with E-state index in [0.29, 0.717) is 11.7 Å². The molecule has 25 heavy (non-hydrogen) atoms. The first-order valence-corrected chi connectivity index (χ1v) is 7.90. The SMILES string of the molecule is CN1C(=O)CO[C@@H](c2nc(-c3ccncc3)no2)[C@@H]1c1ccccc1. The number of aromatic nitrogens is 3. The van der Waals surface area contributed by atoms with Gasteiger partial charge in [0.15, 0.2) is 6.10 Å². The molecule has 7 heteroatoms. The molecule has 0 spiro atoms. The summed E-state index contributed by atoms with van der Waals surface area (Å²) in [6.07, 6.45) is 2.82. The first kappa shape index (κ1) is 15.5. The molecule has 2 aromatic heterocycles. The average molecular weight is 336 g/mol. The van der Waals surface area contributed by atoms with Gasteiger partial charge in [-0.3, -0.25) is 9.78 Å². The second-order valence-corrected chi connectivity index (χ2v) is 5.78. The van der Waals surface area contributed by atoms with Crippen LogP contribution in [0.1, 0.15) is 23.6 Å². The van der Waals surface area contributed by atoms with Gasteiger partial charge in [0.1, 0.15) is 6.61 Å². The van der Waals surface area contributed by atoms with Gasteiger partial charge in [0.05, 0.1) is 6.04 Å². The fourth-order valence-electron chi connectivity index (χ4n) is 2.94. The van der Waals surface area contributed by atoms with Gasteiger partial charge in [-0.25, -0.2) is 0 Å². The van der Waals surface area contributed by atoms with Crippen molar-refractivity contribution in [2.45, 2.75) is 12.1 Å². The zero-order valence-electron chi connectivity index (χ0n) is 13.6. The van der Waals surface area contributed by atoms with Gasteiger partial charge in [-0.05, 0) is 17.7 Å². The van der Waals surface area contributed by atoms with Crippen LogP contribution in [0.25, 0.3) is 11.4 Å². The highest BCUT2D eigenvalue weighted by atomic mass is 16.5. The van der Waals surface area contributed by atoms with Gasteiger partial charge in [-0.1, -0.05) is 35.5 Å². The second kappa shape index (κ2) is 6.45. The molecule has 0 saturated carbocycles. The van der Waals surface area contributed by atoms with Crippen LogP contribution >= 0.6 is 0 Å². The largest absolute Gasteiger partial charge is 0.356 e. The molecule has 3 aromatic rings. The number of nitrogens with zero attached hydrogens (tertiary/aromatic N) is 4. The number of benzene rings is 1. The Morgan fingerprint density at radius 2 is 1.88 bits per heavy atom. The Bertz CT molecular complexity index is 866. The van der Waals surface area contributed by atoms with Gasteiger partial charge >= 0.3 is 0 Å². The number of morpholine rings is 1. The number of hydrogen-bond acceptors (Lipinski definition) is 6.